The molecule has 0 spiro atoms. The smallest absolute Gasteiger partial charge is 0.291 e. The molecule has 2 aromatic carbocycles. The van der Waals surface area contributed by atoms with Crippen LogP contribution in [0.5, 0.6) is 0 Å². The minimum Gasteiger partial charge on any atom is -0.459 e. The van der Waals surface area contributed by atoms with Crippen molar-refractivity contribution < 1.29 is 14.0 Å². The predicted octanol–water partition coefficient (Wildman–Crippen LogP) is 6.45. The van der Waals surface area contributed by atoms with Crippen molar-refractivity contribution in [2.45, 2.75) is 26.2 Å². The number of aromatic nitrogens is 1. The van der Waals surface area contributed by atoms with Crippen LogP contribution in [0.25, 0.3) is 11.1 Å². The summed E-state index contributed by atoms with van der Waals surface area (Å²) >= 11 is 6.49. The first-order valence-corrected chi connectivity index (χ1v) is 11.7. The number of benzene rings is 2. The van der Waals surface area contributed by atoms with E-state index in [4.69, 9.17) is 21.0 Å². The molecule has 0 fully saturated rings. The summed E-state index contributed by atoms with van der Waals surface area (Å²) in [5.41, 5.74) is 6.16. The van der Waals surface area contributed by atoms with Crippen LogP contribution in [0.4, 0.5) is 11.5 Å². The number of anilines is 1. The maximum atomic E-state index is 12.3. The molecule has 0 aliphatic carbocycles. The minimum atomic E-state index is -0.337. The molecule has 1 amide bonds. The molecule has 0 bridgehead atoms. The molecule has 7 heteroatoms. The molecule has 1 aliphatic rings. The van der Waals surface area contributed by atoms with Crippen molar-refractivity contribution in [3.8, 4) is 11.1 Å². The summed E-state index contributed by atoms with van der Waals surface area (Å²) in [5, 5.41) is 3.37. The number of nitrogens with zero attached hydrogens (tertiary/aromatic N) is 2. The first-order chi connectivity index (χ1) is 17.0. The molecule has 1 aliphatic heterocycles. The van der Waals surface area contributed by atoms with E-state index in [9.17, 15) is 9.59 Å². The number of ketones is 1. The summed E-state index contributed by atoms with van der Waals surface area (Å²) in [6, 6.07) is 18.6. The van der Waals surface area contributed by atoms with Gasteiger partial charge in [0.15, 0.2) is 11.6 Å². The average Bonchev–Trinajstić information content (AvgIpc) is 3.55. The van der Waals surface area contributed by atoms with Crippen molar-refractivity contribution in [1.29, 1.82) is 0 Å². The Morgan fingerprint density at radius 1 is 1.06 bits per heavy atom. The highest BCUT2D eigenvalue weighted by molar-refractivity contribution is 6.34. The standard InChI is InChI=1S/C28H22ClN3O3/c1-2-22(33)12-17-5-7-18(8-6-17)20-13-19-14-25(32-27(19)30-16-20)23-15-21(9-10-24(23)29)31-28(34)26-4-3-11-35-26/h3-11,13,15-16H,2,12,14H2,1H3,(H,31,34). The van der Waals surface area contributed by atoms with Crippen LogP contribution >= 0.6 is 11.6 Å². The van der Waals surface area contributed by atoms with Crippen molar-refractivity contribution in [3.63, 3.8) is 0 Å². The van der Waals surface area contributed by atoms with Gasteiger partial charge in [0.25, 0.3) is 5.91 Å². The van der Waals surface area contributed by atoms with E-state index >= 15 is 0 Å². The number of amides is 1. The number of furan rings is 1. The van der Waals surface area contributed by atoms with Crippen LogP contribution in [-0.4, -0.2) is 22.4 Å². The van der Waals surface area contributed by atoms with Gasteiger partial charge in [0.2, 0.25) is 0 Å². The van der Waals surface area contributed by atoms with Gasteiger partial charge in [-0.15, -0.1) is 0 Å². The third-order valence-electron chi connectivity index (χ3n) is 5.90. The zero-order valence-electron chi connectivity index (χ0n) is 19.0. The molecule has 4 aromatic rings. The van der Waals surface area contributed by atoms with Crippen LogP contribution in [0.2, 0.25) is 5.02 Å². The summed E-state index contributed by atoms with van der Waals surface area (Å²) in [5.74, 6) is 0.782. The van der Waals surface area contributed by atoms with E-state index in [1.54, 1.807) is 30.5 Å². The molecule has 0 atom stereocenters. The summed E-state index contributed by atoms with van der Waals surface area (Å²) in [6.45, 7) is 1.88. The molecule has 0 saturated heterocycles. The van der Waals surface area contributed by atoms with E-state index in [1.807, 2.05) is 37.3 Å². The molecular weight excluding hydrogens is 462 g/mol. The van der Waals surface area contributed by atoms with Gasteiger partial charge in [-0.05, 0) is 47.5 Å². The van der Waals surface area contributed by atoms with Crippen molar-refractivity contribution in [2.75, 3.05) is 5.32 Å². The molecule has 0 saturated carbocycles. The van der Waals surface area contributed by atoms with Crippen LogP contribution in [0.3, 0.4) is 0 Å². The average molecular weight is 484 g/mol. The Morgan fingerprint density at radius 2 is 1.89 bits per heavy atom. The zero-order valence-corrected chi connectivity index (χ0v) is 19.8. The molecule has 6 nitrogen and oxygen atoms in total. The van der Waals surface area contributed by atoms with Crippen LogP contribution in [0.1, 0.15) is 40.6 Å². The normalized spacial score (nSPS) is 12.2. The Bertz CT molecular complexity index is 1440. The maximum absolute atomic E-state index is 12.3. The molecule has 174 valence electrons. The number of carbonyl (C=O) groups is 2. The number of rotatable bonds is 7. The zero-order chi connectivity index (χ0) is 24.4. The highest BCUT2D eigenvalue weighted by Crippen LogP contribution is 2.33. The summed E-state index contributed by atoms with van der Waals surface area (Å²) in [4.78, 5) is 33.3. The van der Waals surface area contributed by atoms with E-state index in [0.717, 1.165) is 33.5 Å². The second-order valence-electron chi connectivity index (χ2n) is 8.33. The fourth-order valence-corrected chi connectivity index (χ4v) is 4.21. The van der Waals surface area contributed by atoms with Crippen molar-refractivity contribution in [1.82, 2.24) is 4.98 Å². The van der Waals surface area contributed by atoms with Crippen LogP contribution < -0.4 is 5.32 Å². The Hall–Kier alpha value is -4.03. The van der Waals surface area contributed by atoms with Gasteiger partial charge in [0.1, 0.15) is 5.78 Å². The number of hydrogen-bond donors (Lipinski definition) is 1. The lowest BCUT2D eigenvalue weighted by Crippen LogP contribution is -2.11. The van der Waals surface area contributed by atoms with E-state index in [0.29, 0.717) is 35.8 Å². The monoisotopic (exact) mass is 483 g/mol. The Kier molecular flexibility index (Phi) is 6.29. The van der Waals surface area contributed by atoms with E-state index in [-0.39, 0.29) is 17.5 Å². The van der Waals surface area contributed by atoms with Crippen molar-refractivity contribution >= 4 is 40.5 Å². The number of halogens is 1. The third-order valence-corrected chi connectivity index (χ3v) is 6.23. The van der Waals surface area contributed by atoms with E-state index in [1.165, 1.54) is 6.26 Å². The summed E-state index contributed by atoms with van der Waals surface area (Å²) < 4.78 is 5.15. The Balaban J connectivity index is 1.34. The molecule has 0 unspecified atom stereocenters. The number of fused-ring (bicyclic) bond motifs is 1. The van der Waals surface area contributed by atoms with Crippen LogP contribution in [-0.2, 0) is 17.6 Å². The maximum Gasteiger partial charge on any atom is 0.291 e. The lowest BCUT2D eigenvalue weighted by Gasteiger charge is -2.08. The SMILES string of the molecule is CCC(=O)Cc1ccc(-c2cnc3c(c2)CC(c2cc(NC(=O)c4ccco4)ccc2Cl)=N3)cc1. The van der Waals surface area contributed by atoms with E-state index in [2.05, 4.69) is 16.4 Å². The van der Waals surface area contributed by atoms with Gasteiger partial charge in [-0.1, -0.05) is 42.8 Å². The summed E-state index contributed by atoms with van der Waals surface area (Å²) in [7, 11) is 0. The predicted molar refractivity (Wildman–Crippen MR) is 137 cm³/mol. The first kappa shape index (κ1) is 22.7. The first-order valence-electron chi connectivity index (χ1n) is 11.3. The Labute approximate surface area is 207 Å². The lowest BCUT2D eigenvalue weighted by molar-refractivity contribution is -0.118. The van der Waals surface area contributed by atoms with Gasteiger partial charge < -0.3 is 9.73 Å². The minimum absolute atomic E-state index is 0.227. The second kappa shape index (κ2) is 9.68. The Morgan fingerprint density at radius 3 is 2.63 bits per heavy atom. The molecular formula is C28H22ClN3O3. The number of aliphatic imine (C=N–C) groups is 1. The topological polar surface area (TPSA) is 84.6 Å². The highest BCUT2D eigenvalue weighted by atomic mass is 35.5. The van der Waals surface area contributed by atoms with Gasteiger partial charge in [-0.25, -0.2) is 9.98 Å². The number of hydrogen-bond acceptors (Lipinski definition) is 5. The number of Topliss-reactive ketones (excluding diaryl/α,β-unsaturated/α-hetero) is 1. The molecule has 5 rings (SSSR count). The van der Waals surface area contributed by atoms with Crippen molar-refractivity contribution in [3.05, 3.63) is 101 Å². The lowest BCUT2D eigenvalue weighted by atomic mass is 9.99. The van der Waals surface area contributed by atoms with Gasteiger partial charge in [0, 0.05) is 52.9 Å². The number of carbonyl (C=O) groups excluding carboxylic acids is 2. The quantitative estimate of drug-likeness (QED) is 0.327. The molecule has 2 aromatic heterocycles. The van der Waals surface area contributed by atoms with Gasteiger partial charge in [0.05, 0.1) is 12.0 Å². The largest absolute Gasteiger partial charge is 0.459 e. The molecule has 0 radical (unpaired) electrons. The summed E-state index contributed by atoms with van der Waals surface area (Å²) in [6.07, 6.45) is 4.84. The number of pyridine rings is 1. The van der Waals surface area contributed by atoms with Gasteiger partial charge >= 0.3 is 0 Å². The molecule has 3 heterocycles. The van der Waals surface area contributed by atoms with Gasteiger partial charge in [-0.2, -0.15) is 0 Å². The fourth-order valence-electron chi connectivity index (χ4n) is 3.99. The molecule has 35 heavy (non-hydrogen) atoms. The second-order valence-corrected chi connectivity index (χ2v) is 8.74. The highest BCUT2D eigenvalue weighted by Gasteiger charge is 2.21. The van der Waals surface area contributed by atoms with Crippen LogP contribution in [0.15, 0.2) is 82.5 Å². The van der Waals surface area contributed by atoms with E-state index < -0.39 is 0 Å². The third kappa shape index (κ3) is 4.93. The fraction of sp³-hybridized carbons (Fsp3) is 0.143. The van der Waals surface area contributed by atoms with Crippen LogP contribution in [0, 0.1) is 0 Å². The number of nitrogens with one attached hydrogen (secondary N) is 1. The van der Waals surface area contributed by atoms with Crippen molar-refractivity contribution in [2.24, 2.45) is 4.99 Å². The van der Waals surface area contributed by atoms with Gasteiger partial charge in [-0.3, -0.25) is 9.59 Å². The molecule has 1 N–H and O–H groups in total.